The van der Waals surface area contributed by atoms with E-state index in [4.69, 9.17) is 10.00 Å². The van der Waals surface area contributed by atoms with Crippen LogP contribution in [0.2, 0.25) is 0 Å². The van der Waals surface area contributed by atoms with Crippen LogP contribution >= 0.6 is 11.3 Å². The van der Waals surface area contributed by atoms with Crippen LogP contribution in [-0.2, 0) is 5.41 Å². The van der Waals surface area contributed by atoms with Crippen LogP contribution in [0, 0.1) is 11.3 Å². The molecule has 0 aliphatic carbocycles. The number of fused-ring (bicyclic) bond motifs is 1. The van der Waals surface area contributed by atoms with Gasteiger partial charge in [-0.2, -0.15) is 5.26 Å². The van der Waals surface area contributed by atoms with E-state index in [0.717, 1.165) is 21.0 Å². The lowest BCUT2D eigenvalue weighted by Crippen LogP contribution is -2.12. The van der Waals surface area contributed by atoms with Crippen LogP contribution < -0.4 is 4.74 Å². The van der Waals surface area contributed by atoms with E-state index >= 15 is 0 Å². The van der Waals surface area contributed by atoms with E-state index < -0.39 is 5.41 Å². The average molecular weight is 232 g/mol. The molecular formula is C12H12N2OS. The maximum Gasteiger partial charge on any atom is 0.120 e. The van der Waals surface area contributed by atoms with Crippen LogP contribution in [0.3, 0.4) is 0 Å². The molecule has 2 rings (SSSR count). The molecule has 1 aromatic carbocycles. The molecule has 0 atom stereocenters. The molecule has 2 aromatic rings. The van der Waals surface area contributed by atoms with Gasteiger partial charge in [0.15, 0.2) is 0 Å². The lowest BCUT2D eigenvalue weighted by atomic mass is 9.97. The minimum atomic E-state index is -0.531. The van der Waals surface area contributed by atoms with Crippen molar-refractivity contribution in [3.05, 3.63) is 23.2 Å². The second kappa shape index (κ2) is 3.76. The number of rotatable bonds is 2. The average Bonchev–Trinajstić information content (AvgIpc) is 2.72. The van der Waals surface area contributed by atoms with Gasteiger partial charge in [0.25, 0.3) is 0 Å². The molecule has 82 valence electrons. The largest absolute Gasteiger partial charge is 0.497 e. The third-order valence-corrected chi connectivity index (χ3v) is 3.75. The predicted molar refractivity (Wildman–Crippen MR) is 64.8 cm³/mol. The van der Waals surface area contributed by atoms with Crippen LogP contribution in [0.5, 0.6) is 5.75 Å². The molecule has 16 heavy (non-hydrogen) atoms. The summed E-state index contributed by atoms with van der Waals surface area (Å²) in [4.78, 5) is 4.47. The van der Waals surface area contributed by atoms with Crippen molar-refractivity contribution < 1.29 is 4.74 Å². The molecule has 0 N–H and O–H groups in total. The van der Waals surface area contributed by atoms with Gasteiger partial charge >= 0.3 is 0 Å². The van der Waals surface area contributed by atoms with Crippen molar-refractivity contribution in [2.45, 2.75) is 19.3 Å². The van der Waals surface area contributed by atoms with Crippen molar-refractivity contribution in [1.82, 2.24) is 4.98 Å². The fourth-order valence-electron chi connectivity index (χ4n) is 1.35. The summed E-state index contributed by atoms with van der Waals surface area (Å²) in [5, 5.41) is 9.91. The third-order valence-electron chi connectivity index (χ3n) is 2.41. The number of ether oxygens (including phenoxy) is 1. The molecule has 1 aromatic heterocycles. The topological polar surface area (TPSA) is 45.9 Å². The molecule has 0 saturated carbocycles. The number of nitrogens with zero attached hydrogens (tertiary/aromatic N) is 2. The van der Waals surface area contributed by atoms with E-state index in [2.05, 4.69) is 11.1 Å². The van der Waals surface area contributed by atoms with Crippen LogP contribution in [0.25, 0.3) is 10.2 Å². The summed E-state index contributed by atoms with van der Waals surface area (Å²) in [5.41, 5.74) is 0.390. The van der Waals surface area contributed by atoms with E-state index in [-0.39, 0.29) is 0 Å². The van der Waals surface area contributed by atoms with Gasteiger partial charge in [-0.3, -0.25) is 0 Å². The Balaban J connectivity index is 2.57. The zero-order chi connectivity index (χ0) is 11.8. The fourth-order valence-corrected chi connectivity index (χ4v) is 2.39. The Morgan fingerprint density at radius 3 is 2.81 bits per heavy atom. The van der Waals surface area contributed by atoms with Crippen molar-refractivity contribution in [3.8, 4) is 11.8 Å². The molecule has 0 bridgehead atoms. The summed E-state index contributed by atoms with van der Waals surface area (Å²) in [6.45, 7) is 3.75. The lowest BCUT2D eigenvalue weighted by molar-refractivity contribution is 0.415. The van der Waals surface area contributed by atoms with Gasteiger partial charge in [-0.25, -0.2) is 4.98 Å². The van der Waals surface area contributed by atoms with E-state index in [1.54, 1.807) is 18.4 Å². The molecule has 0 amide bonds. The van der Waals surface area contributed by atoms with Gasteiger partial charge in [0.1, 0.15) is 16.2 Å². The SMILES string of the molecule is COc1ccc2nc(C(C)(C)C#N)sc2c1. The first kappa shape index (κ1) is 10.9. The Morgan fingerprint density at radius 2 is 2.19 bits per heavy atom. The fraction of sp³-hybridized carbons (Fsp3) is 0.333. The van der Waals surface area contributed by atoms with Gasteiger partial charge in [0.05, 0.1) is 23.4 Å². The molecule has 0 spiro atoms. The smallest absolute Gasteiger partial charge is 0.120 e. The normalized spacial score (nSPS) is 11.4. The zero-order valence-corrected chi connectivity index (χ0v) is 10.3. The Hall–Kier alpha value is -1.60. The number of thiazole rings is 1. The van der Waals surface area contributed by atoms with Crippen LogP contribution in [0.1, 0.15) is 18.9 Å². The molecule has 4 heteroatoms. The lowest BCUT2D eigenvalue weighted by Gasteiger charge is -2.09. The number of benzene rings is 1. The van der Waals surface area contributed by atoms with Crippen molar-refractivity contribution in [3.63, 3.8) is 0 Å². The van der Waals surface area contributed by atoms with E-state index in [0.29, 0.717) is 0 Å². The quantitative estimate of drug-likeness (QED) is 0.799. The second-order valence-corrected chi connectivity index (χ2v) is 5.12. The first-order valence-electron chi connectivity index (χ1n) is 4.93. The van der Waals surface area contributed by atoms with Gasteiger partial charge in [-0.15, -0.1) is 11.3 Å². The third kappa shape index (κ3) is 1.74. The van der Waals surface area contributed by atoms with Gasteiger partial charge < -0.3 is 4.74 Å². The van der Waals surface area contributed by atoms with Crippen molar-refractivity contribution >= 4 is 21.6 Å². The van der Waals surface area contributed by atoms with Crippen LogP contribution in [-0.4, -0.2) is 12.1 Å². The predicted octanol–water partition coefficient (Wildman–Crippen LogP) is 3.11. The molecule has 1 heterocycles. The van der Waals surface area contributed by atoms with Crippen molar-refractivity contribution in [2.75, 3.05) is 7.11 Å². The number of nitriles is 1. The highest BCUT2D eigenvalue weighted by atomic mass is 32.1. The van der Waals surface area contributed by atoms with Crippen LogP contribution in [0.4, 0.5) is 0 Å². The summed E-state index contributed by atoms with van der Waals surface area (Å²) in [7, 11) is 1.64. The summed E-state index contributed by atoms with van der Waals surface area (Å²) in [5.74, 6) is 0.817. The number of aromatic nitrogens is 1. The molecule has 0 fully saturated rings. The summed E-state index contributed by atoms with van der Waals surface area (Å²) < 4.78 is 6.21. The second-order valence-electron chi connectivity index (χ2n) is 4.09. The Labute approximate surface area is 98.3 Å². The maximum absolute atomic E-state index is 9.07. The summed E-state index contributed by atoms with van der Waals surface area (Å²) in [6.07, 6.45) is 0. The minimum absolute atomic E-state index is 0.531. The van der Waals surface area contributed by atoms with Gasteiger partial charge in [0, 0.05) is 0 Å². The van der Waals surface area contributed by atoms with E-state index in [1.165, 1.54) is 0 Å². The highest BCUT2D eigenvalue weighted by Crippen LogP contribution is 2.32. The molecule has 0 aliphatic rings. The Kier molecular flexibility index (Phi) is 2.56. The van der Waals surface area contributed by atoms with Gasteiger partial charge in [-0.1, -0.05) is 0 Å². The van der Waals surface area contributed by atoms with Crippen LogP contribution in [0.15, 0.2) is 18.2 Å². The standard InChI is InChI=1S/C12H12N2OS/c1-12(2,7-13)11-14-9-5-4-8(15-3)6-10(9)16-11/h4-6H,1-3H3. The first-order valence-corrected chi connectivity index (χ1v) is 5.75. The zero-order valence-electron chi connectivity index (χ0n) is 9.44. The number of hydrogen-bond donors (Lipinski definition) is 0. The first-order chi connectivity index (χ1) is 7.56. The number of methoxy groups -OCH3 is 1. The molecule has 0 unspecified atom stereocenters. The summed E-state index contributed by atoms with van der Waals surface area (Å²) >= 11 is 1.54. The molecule has 3 nitrogen and oxygen atoms in total. The number of hydrogen-bond acceptors (Lipinski definition) is 4. The monoisotopic (exact) mass is 232 g/mol. The molecule has 0 saturated heterocycles. The summed E-state index contributed by atoms with van der Waals surface area (Å²) in [6, 6.07) is 8.01. The Morgan fingerprint density at radius 1 is 1.44 bits per heavy atom. The minimum Gasteiger partial charge on any atom is -0.497 e. The van der Waals surface area contributed by atoms with Gasteiger partial charge in [0.2, 0.25) is 0 Å². The van der Waals surface area contributed by atoms with E-state index in [9.17, 15) is 0 Å². The van der Waals surface area contributed by atoms with Crippen molar-refractivity contribution in [2.24, 2.45) is 0 Å². The Bertz CT molecular complexity index is 566. The highest BCUT2D eigenvalue weighted by Gasteiger charge is 2.24. The van der Waals surface area contributed by atoms with Crippen molar-refractivity contribution in [1.29, 1.82) is 5.26 Å². The molecular weight excluding hydrogens is 220 g/mol. The molecule has 0 radical (unpaired) electrons. The highest BCUT2D eigenvalue weighted by molar-refractivity contribution is 7.18. The van der Waals surface area contributed by atoms with E-state index in [1.807, 2.05) is 32.0 Å². The molecule has 0 aliphatic heterocycles. The maximum atomic E-state index is 9.07. The van der Waals surface area contributed by atoms with Gasteiger partial charge in [-0.05, 0) is 32.0 Å².